The van der Waals surface area contributed by atoms with Gasteiger partial charge in [0.15, 0.2) is 0 Å². The summed E-state index contributed by atoms with van der Waals surface area (Å²) < 4.78 is 9.66. The van der Waals surface area contributed by atoms with E-state index >= 15 is 0 Å². The zero-order valence-corrected chi connectivity index (χ0v) is 16.3. The lowest BCUT2D eigenvalue weighted by Gasteiger charge is -2.08. The molecule has 0 atom stereocenters. The molecule has 2 N–H and O–H groups in total. The van der Waals surface area contributed by atoms with E-state index in [9.17, 15) is 4.79 Å². The van der Waals surface area contributed by atoms with E-state index in [1.807, 2.05) is 54.6 Å². The standard InChI is InChI=1S/C21H20N4O2S/c1-2-22-10-11-23-16-9-8-15-12-17(21(26)27-18(15)13-16)19-20(28-25-24-19)14-6-4-3-5-7-14/h3-9,12-13,22-23H,2,10-11H2,1H3. The Balaban J connectivity index is 1.68. The topological polar surface area (TPSA) is 80.0 Å². The molecular formula is C21H20N4O2S. The van der Waals surface area contributed by atoms with Gasteiger partial charge >= 0.3 is 5.63 Å². The number of anilines is 1. The van der Waals surface area contributed by atoms with Crippen LogP contribution in [0, 0.1) is 0 Å². The molecule has 7 heteroatoms. The van der Waals surface area contributed by atoms with E-state index in [1.165, 1.54) is 11.5 Å². The average Bonchev–Trinajstić information content (AvgIpc) is 3.21. The number of aromatic nitrogens is 2. The van der Waals surface area contributed by atoms with Crippen LogP contribution < -0.4 is 16.3 Å². The van der Waals surface area contributed by atoms with Gasteiger partial charge in [0.1, 0.15) is 11.3 Å². The highest BCUT2D eigenvalue weighted by molar-refractivity contribution is 7.09. The van der Waals surface area contributed by atoms with Crippen LogP contribution in [-0.2, 0) is 0 Å². The highest BCUT2D eigenvalue weighted by Crippen LogP contribution is 2.33. The normalized spacial score (nSPS) is 11.0. The van der Waals surface area contributed by atoms with Crippen molar-refractivity contribution in [1.29, 1.82) is 0 Å². The van der Waals surface area contributed by atoms with Crippen LogP contribution in [0.4, 0.5) is 5.69 Å². The third-order valence-corrected chi connectivity index (χ3v) is 5.17. The minimum absolute atomic E-state index is 0.415. The average molecular weight is 392 g/mol. The SMILES string of the molecule is CCNCCNc1ccc2cc(-c3nnsc3-c3ccccc3)c(=O)oc2c1. The van der Waals surface area contributed by atoms with E-state index < -0.39 is 5.63 Å². The number of likely N-dealkylation sites (N-methyl/N-ethyl adjacent to an activating group) is 1. The largest absolute Gasteiger partial charge is 0.422 e. The van der Waals surface area contributed by atoms with Crippen molar-refractivity contribution in [3.63, 3.8) is 0 Å². The van der Waals surface area contributed by atoms with Gasteiger partial charge in [-0.3, -0.25) is 0 Å². The minimum Gasteiger partial charge on any atom is -0.422 e. The fourth-order valence-corrected chi connectivity index (χ4v) is 3.69. The van der Waals surface area contributed by atoms with Gasteiger partial charge in [-0.25, -0.2) is 4.79 Å². The third kappa shape index (κ3) is 3.81. The first-order chi connectivity index (χ1) is 13.8. The molecule has 6 nitrogen and oxygen atoms in total. The number of rotatable bonds is 7. The monoisotopic (exact) mass is 392 g/mol. The van der Waals surface area contributed by atoms with Crippen LogP contribution in [0.1, 0.15) is 6.92 Å². The molecule has 0 unspecified atom stereocenters. The zero-order chi connectivity index (χ0) is 19.3. The predicted molar refractivity (Wildman–Crippen MR) is 114 cm³/mol. The van der Waals surface area contributed by atoms with Gasteiger partial charge in [0.25, 0.3) is 0 Å². The van der Waals surface area contributed by atoms with Gasteiger partial charge < -0.3 is 15.1 Å². The molecule has 0 aliphatic heterocycles. The number of fused-ring (bicyclic) bond motifs is 1. The molecule has 2 heterocycles. The summed E-state index contributed by atoms with van der Waals surface area (Å²) in [4.78, 5) is 13.5. The quantitative estimate of drug-likeness (QED) is 0.366. The second-order valence-corrected chi connectivity index (χ2v) is 7.05. The van der Waals surface area contributed by atoms with E-state index in [2.05, 4.69) is 27.1 Å². The van der Waals surface area contributed by atoms with Crippen molar-refractivity contribution < 1.29 is 4.42 Å². The smallest absolute Gasteiger partial charge is 0.345 e. The van der Waals surface area contributed by atoms with Gasteiger partial charge in [-0.15, -0.1) is 5.10 Å². The van der Waals surface area contributed by atoms with Gasteiger partial charge in [0.05, 0.1) is 10.4 Å². The molecule has 0 aliphatic rings. The maximum atomic E-state index is 12.7. The molecule has 0 spiro atoms. The van der Waals surface area contributed by atoms with Crippen molar-refractivity contribution in [2.24, 2.45) is 0 Å². The van der Waals surface area contributed by atoms with Crippen LogP contribution in [0.3, 0.4) is 0 Å². The Kier molecular flexibility index (Phi) is 5.45. The highest BCUT2D eigenvalue weighted by atomic mass is 32.1. The summed E-state index contributed by atoms with van der Waals surface area (Å²) in [6.07, 6.45) is 0. The Morgan fingerprint density at radius 3 is 2.75 bits per heavy atom. The molecule has 4 aromatic rings. The van der Waals surface area contributed by atoms with Crippen LogP contribution in [0.5, 0.6) is 0 Å². The molecule has 2 aromatic carbocycles. The molecule has 2 aromatic heterocycles. The van der Waals surface area contributed by atoms with Crippen molar-refractivity contribution in [2.45, 2.75) is 6.92 Å². The summed E-state index contributed by atoms with van der Waals surface area (Å²) in [7, 11) is 0. The lowest BCUT2D eigenvalue weighted by atomic mass is 10.1. The Morgan fingerprint density at radius 1 is 1.07 bits per heavy atom. The first kappa shape index (κ1) is 18.3. The molecule has 28 heavy (non-hydrogen) atoms. The van der Waals surface area contributed by atoms with Gasteiger partial charge in [-0.05, 0) is 41.8 Å². The molecular weight excluding hydrogens is 372 g/mol. The Bertz CT molecular complexity index is 1140. The van der Waals surface area contributed by atoms with Crippen LogP contribution in [0.15, 0.2) is 63.8 Å². The van der Waals surface area contributed by atoms with Crippen LogP contribution in [0.2, 0.25) is 0 Å². The summed E-state index contributed by atoms with van der Waals surface area (Å²) in [5.41, 5.74) is 3.01. The Labute approximate surface area is 166 Å². The van der Waals surface area contributed by atoms with Crippen LogP contribution >= 0.6 is 11.5 Å². The van der Waals surface area contributed by atoms with E-state index in [-0.39, 0.29) is 0 Å². The molecule has 0 radical (unpaired) electrons. The number of hydrogen-bond acceptors (Lipinski definition) is 7. The summed E-state index contributed by atoms with van der Waals surface area (Å²) in [6, 6.07) is 17.4. The van der Waals surface area contributed by atoms with Crippen molar-refractivity contribution >= 4 is 28.2 Å². The third-order valence-electron chi connectivity index (χ3n) is 4.40. The summed E-state index contributed by atoms with van der Waals surface area (Å²) in [5.74, 6) is 0. The van der Waals surface area contributed by atoms with E-state index in [1.54, 1.807) is 0 Å². The molecule has 0 bridgehead atoms. The van der Waals surface area contributed by atoms with Crippen molar-refractivity contribution in [1.82, 2.24) is 14.9 Å². The molecule has 0 saturated heterocycles. The van der Waals surface area contributed by atoms with Crippen molar-refractivity contribution in [3.05, 3.63) is 65.0 Å². The van der Waals surface area contributed by atoms with Crippen molar-refractivity contribution in [2.75, 3.05) is 25.0 Å². The first-order valence-electron chi connectivity index (χ1n) is 9.17. The van der Waals surface area contributed by atoms with Gasteiger partial charge in [0, 0.05) is 30.2 Å². The molecule has 142 valence electrons. The van der Waals surface area contributed by atoms with E-state index in [4.69, 9.17) is 4.42 Å². The number of hydrogen-bond donors (Lipinski definition) is 2. The molecule has 0 amide bonds. The lowest BCUT2D eigenvalue weighted by Crippen LogP contribution is -2.21. The number of nitrogens with zero attached hydrogens (tertiary/aromatic N) is 2. The second-order valence-electron chi connectivity index (χ2n) is 6.30. The molecule has 4 rings (SSSR count). The summed E-state index contributed by atoms with van der Waals surface area (Å²) in [5, 5.41) is 11.6. The summed E-state index contributed by atoms with van der Waals surface area (Å²) in [6.45, 7) is 4.68. The highest BCUT2D eigenvalue weighted by Gasteiger charge is 2.17. The second kappa shape index (κ2) is 8.33. The fourth-order valence-electron chi connectivity index (χ4n) is 3.00. The molecule has 0 fully saturated rings. The van der Waals surface area contributed by atoms with Gasteiger partial charge in [-0.1, -0.05) is 41.7 Å². The van der Waals surface area contributed by atoms with E-state index in [0.717, 1.165) is 41.1 Å². The minimum atomic E-state index is -0.415. The van der Waals surface area contributed by atoms with E-state index in [0.29, 0.717) is 16.8 Å². The van der Waals surface area contributed by atoms with Crippen LogP contribution in [0.25, 0.3) is 32.7 Å². The maximum absolute atomic E-state index is 12.7. The first-order valence-corrected chi connectivity index (χ1v) is 9.94. The zero-order valence-electron chi connectivity index (χ0n) is 15.4. The number of benzene rings is 2. The lowest BCUT2D eigenvalue weighted by molar-refractivity contribution is 0.563. The predicted octanol–water partition coefficient (Wildman–Crippen LogP) is 4.00. The Hall–Kier alpha value is -3.03. The maximum Gasteiger partial charge on any atom is 0.345 e. The number of nitrogens with one attached hydrogen (secondary N) is 2. The van der Waals surface area contributed by atoms with Gasteiger partial charge in [-0.2, -0.15) is 0 Å². The van der Waals surface area contributed by atoms with Crippen LogP contribution in [-0.4, -0.2) is 29.2 Å². The molecule has 0 saturated carbocycles. The molecule has 0 aliphatic carbocycles. The summed E-state index contributed by atoms with van der Waals surface area (Å²) >= 11 is 1.27. The van der Waals surface area contributed by atoms with Crippen molar-refractivity contribution in [3.8, 4) is 21.7 Å². The van der Waals surface area contributed by atoms with Gasteiger partial charge in [0.2, 0.25) is 0 Å². The Morgan fingerprint density at radius 2 is 1.93 bits per heavy atom. The fraction of sp³-hybridized carbons (Fsp3) is 0.190.